The summed E-state index contributed by atoms with van der Waals surface area (Å²) in [7, 11) is 0. The number of halogens is 7. The van der Waals surface area contributed by atoms with Gasteiger partial charge in [0.15, 0.2) is 5.72 Å². The molecule has 2 aromatic carbocycles. The third kappa shape index (κ3) is 3.90. The van der Waals surface area contributed by atoms with E-state index in [1.807, 2.05) is 0 Å². The topological polar surface area (TPSA) is 96.0 Å². The smallest absolute Gasteiger partial charge is 0.365 e. The van der Waals surface area contributed by atoms with Crippen molar-refractivity contribution < 1.29 is 45.6 Å². The van der Waals surface area contributed by atoms with E-state index in [0.717, 1.165) is 30.3 Å². The summed E-state index contributed by atoms with van der Waals surface area (Å²) in [5.74, 6) is -13.9. The van der Waals surface area contributed by atoms with Gasteiger partial charge in [-0.2, -0.15) is 40.8 Å². The van der Waals surface area contributed by atoms with Crippen molar-refractivity contribution in [3.05, 3.63) is 75.8 Å². The number of aliphatic hydroxyl groups is 1. The van der Waals surface area contributed by atoms with E-state index in [-0.39, 0.29) is 10.6 Å². The molecule has 0 radical (unpaired) electrons. The van der Waals surface area contributed by atoms with E-state index in [9.17, 15) is 50.7 Å². The van der Waals surface area contributed by atoms with Crippen molar-refractivity contribution in [2.75, 3.05) is 0 Å². The number of alkyl halides is 7. The van der Waals surface area contributed by atoms with Crippen LogP contribution < -0.4 is 0 Å². The van der Waals surface area contributed by atoms with E-state index in [0.29, 0.717) is 6.07 Å². The molecule has 1 amide bonds. The first-order valence-electron chi connectivity index (χ1n) is 8.90. The molecule has 1 atom stereocenters. The zero-order valence-electron chi connectivity index (χ0n) is 16.1. The van der Waals surface area contributed by atoms with Crippen molar-refractivity contribution in [1.29, 1.82) is 0 Å². The maximum atomic E-state index is 14.3. The predicted octanol–water partition coefficient (Wildman–Crippen LogP) is 4.47. The summed E-state index contributed by atoms with van der Waals surface area (Å²) in [5.41, 5.74) is -6.48. The first-order valence-corrected chi connectivity index (χ1v) is 8.90. The second-order valence-corrected chi connectivity index (χ2v) is 6.98. The van der Waals surface area contributed by atoms with Crippen molar-refractivity contribution in [2.45, 2.75) is 30.2 Å². The van der Waals surface area contributed by atoms with Crippen LogP contribution in [0.15, 0.2) is 59.7 Å². The van der Waals surface area contributed by atoms with Gasteiger partial charge in [-0.15, -0.1) is 0 Å². The first-order chi connectivity index (χ1) is 15.1. The minimum absolute atomic E-state index is 0.0862. The van der Waals surface area contributed by atoms with Crippen LogP contribution in [0.5, 0.6) is 0 Å². The molecule has 14 heteroatoms. The van der Waals surface area contributed by atoms with Crippen LogP contribution in [0.2, 0.25) is 0 Å². The molecule has 33 heavy (non-hydrogen) atoms. The number of nitrogens with zero attached hydrogens (tertiary/aromatic N) is 3. The fourth-order valence-electron chi connectivity index (χ4n) is 3.10. The number of amides is 1. The lowest BCUT2D eigenvalue weighted by Gasteiger charge is -2.32. The third-order valence-electron chi connectivity index (χ3n) is 4.83. The van der Waals surface area contributed by atoms with Crippen molar-refractivity contribution in [3.8, 4) is 0 Å². The van der Waals surface area contributed by atoms with Crippen molar-refractivity contribution in [2.24, 2.45) is 5.10 Å². The van der Waals surface area contributed by atoms with Gasteiger partial charge >= 0.3 is 18.0 Å². The molecule has 1 heterocycles. The molecule has 1 aliphatic heterocycles. The number of carbonyl (C=O) groups is 1. The van der Waals surface area contributed by atoms with E-state index in [1.54, 1.807) is 0 Å². The Balaban J connectivity index is 2.15. The molecule has 2 aromatic rings. The summed E-state index contributed by atoms with van der Waals surface area (Å²) in [6, 6.07) is 9.89. The third-order valence-corrected chi connectivity index (χ3v) is 4.83. The highest BCUT2D eigenvalue weighted by atomic mass is 19.4. The van der Waals surface area contributed by atoms with Crippen molar-refractivity contribution in [1.82, 2.24) is 5.01 Å². The molecule has 0 aliphatic carbocycles. The van der Waals surface area contributed by atoms with Crippen LogP contribution in [0.3, 0.4) is 0 Å². The minimum Gasteiger partial charge on any atom is -0.365 e. The Morgan fingerprint density at radius 1 is 1.03 bits per heavy atom. The quantitative estimate of drug-likeness (QED) is 0.389. The van der Waals surface area contributed by atoms with E-state index < -0.39 is 58.0 Å². The summed E-state index contributed by atoms with van der Waals surface area (Å²) in [4.78, 5) is 23.0. The van der Waals surface area contributed by atoms with Crippen LogP contribution in [0.25, 0.3) is 0 Å². The molecule has 0 saturated carbocycles. The average molecular weight is 479 g/mol. The zero-order chi connectivity index (χ0) is 24.8. The molecule has 1 aliphatic rings. The molecule has 0 spiro atoms. The van der Waals surface area contributed by atoms with Gasteiger partial charge < -0.3 is 5.11 Å². The van der Waals surface area contributed by atoms with Crippen LogP contribution in [-0.2, 0) is 5.72 Å². The summed E-state index contributed by atoms with van der Waals surface area (Å²) in [5, 5.41) is 24.9. The van der Waals surface area contributed by atoms with Crippen molar-refractivity contribution >= 4 is 17.3 Å². The molecule has 0 bridgehead atoms. The van der Waals surface area contributed by atoms with Crippen LogP contribution in [0, 0.1) is 10.1 Å². The van der Waals surface area contributed by atoms with E-state index in [2.05, 4.69) is 5.10 Å². The van der Waals surface area contributed by atoms with Gasteiger partial charge in [-0.25, -0.2) is 0 Å². The maximum absolute atomic E-state index is 14.3. The molecule has 0 fully saturated rings. The highest BCUT2D eigenvalue weighted by Gasteiger charge is 2.76. The van der Waals surface area contributed by atoms with E-state index in [4.69, 9.17) is 0 Å². The monoisotopic (exact) mass is 479 g/mol. The van der Waals surface area contributed by atoms with Gasteiger partial charge in [-0.05, 0) is 6.07 Å². The molecule has 1 unspecified atom stereocenters. The van der Waals surface area contributed by atoms with Crippen LogP contribution in [0.4, 0.5) is 36.4 Å². The van der Waals surface area contributed by atoms with Gasteiger partial charge in [0.2, 0.25) is 0 Å². The molecular formula is C19H12F7N3O4. The Hall–Kier alpha value is -3.55. The number of carbonyl (C=O) groups excluding carboxylic acids is 1. The van der Waals surface area contributed by atoms with Gasteiger partial charge in [0, 0.05) is 29.7 Å². The lowest BCUT2D eigenvalue weighted by molar-refractivity contribution is -0.384. The standard InChI is InChI=1S/C19H12F7N3O4/c20-17(21,18(22,23)19(24,25)26)14-10-16(31,12-6-2-1-3-7-12)28(27-14)15(30)11-5-4-8-13(9-11)29(32)33/h1-9,31H,10H2. The number of non-ortho nitro benzene ring substituents is 1. The second kappa shape index (κ2) is 7.79. The van der Waals surface area contributed by atoms with Gasteiger partial charge in [0.25, 0.3) is 11.6 Å². The molecule has 0 saturated heterocycles. The average Bonchev–Trinajstić information content (AvgIpc) is 3.12. The first kappa shape index (κ1) is 24.1. The van der Waals surface area contributed by atoms with Crippen LogP contribution >= 0.6 is 0 Å². The lowest BCUT2D eigenvalue weighted by atomic mass is 9.93. The molecule has 0 aromatic heterocycles. The fourth-order valence-corrected chi connectivity index (χ4v) is 3.10. The Morgan fingerprint density at radius 3 is 2.18 bits per heavy atom. The Labute approximate surface area is 179 Å². The van der Waals surface area contributed by atoms with E-state index >= 15 is 0 Å². The lowest BCUT2D eigenvalue weighted by Crippen LogP contribution is -2.56. The number of hydrogen-bond acceptors (Lipinski definition) is 5. The number of nitro benzene ring substituents is 1. The summed E-state index contributed by atoms with van der Waals surface area (Å²) in [6.07, 6.45) is -8.25. The number of hydrazone groups is 1. The highest BCUT2D eigenvalue weighted by Crippen LogP contribution is 2.50. The Kier molecular flexibility index (Phi) is 5.69. The highest BCUT2D eigenvalue weighted by molar-refractivity contribution is 6.01. The van der Waals surface area contributed by atoms with Gasteiger partial charge in [0.05, 0.1) is 4.92 Å². The summed E-state index contributed by atoms with van der Waals surface area (Å²) in [6.45, 7) is 0. The molecule has 1 N–H and O–H groups in total. The number of rotatable bonds is 5. The largest absolute Gasteiger partial charge is 0.460 e. The van der Waals surface area contributed by atoms with Crippen LogP contribution in [0.1, 0.15) is 22.3 Å². The Morgan fingerprint density at radius 2 is 1.64 bits per heavy atom. The number of benzene rings is 2. The van der Waals surface area contributed by atoms with Gasteiger partial charge in [0.1, 0.15) is 5.71 Å². The predicted molar refractivity (Wildman–Crippen MR) is 97.6 cm³/mol. The summed E-state index contributed by atoms with van der Waals surface area (Å²) >= 11 is 0. The SMILES string of the molecule is O=C(c1cccc([N+](=O)[O-])c1)N1N=C(C(F)(F)C(F)(F)C(F)(F)F)CC1(O)c1ccccc1. The molecule has 176 valence electrons. The van der Waals surface area contributed by atoms with Crippen molar-refractivity contribution in [3.63, 3.8) is 0 Å². The maximum Gasteiger partial charge on any atom is 0.460 e. The minimum atomic E-state index is -6.67. The molecule has 7 nitrogen and oxygen atoms in total. The number of hydrogen-bond donors (Lipinski definition) is 1. The second-order valence-electron chi connectivity index (χ2n) is 6.98. The fraction of sp³-hybridized carbons (Fsp3) is 0.263. The molecule has 3 rings (SSSR count). The Bertz CT molecular complexity index is 1120. The van der Waals surface area contributed by atoms with Crippen LogP contribution in [-0.4, -0.2) is 44.7 Å². The van der Waals surface area contributed by atoms with Gasteiger partial charge in [-0.1, -0.05) is 36.4 Å². The zero-order valence-corrected chi connectivity index (χ0v) is 16.1. The number of nitro groups is 1. The van der Waals surface area contributed by atoms with Gasteiger partial charge in [-0.3, -0.25) is 14.9 Å². The molecular weight excluding hydrogens is 467 g/mol. The van der Waals surface area contributed by atoms with E-state index in [1.165, 1.54) is 18.2 Å². The summed E-state index contributed by atoms with van der Waals surface area (Å²) < 4.78 is 93.8. The normalized spacial score (nSPS) is 19.4.